The number of nitrogens with zero attached hydrogens (tertiary/aromatic N) is 6. The molecule has 0 amide bonds. The summed E-state index contributed by atoms with van der Waals surface area (Å²) >= 11 is 13.1. The Morgan fingerprint density at radius 2 is 1.77 bits per heavy atom. The third-order valence-corrected chi connectivity index (χ3v) is 9.28. The van der Waals surface area contributed by atoms with Crippen molar-refractivity contribution in [3.05, 3.63) is 75.7 Å². The van der Waals surface area contributed by atoms with E-state index in [0.29, 0.717) is 40.4 Å². The zero-order chi connectivity index (χ0) is 30.8. The van der Waals surface area contributed by atoms with Crippen molar-refractivity contribution in [3.63, 3.8) is 0 Å². The Kier molecular flexibility index (Phi) is 8.97. The summed E-state index contributed by atoms with van der Waals surface area (Å²) in [6, 6.07) is 14.1. The van der Waals surface area contributed by atoms with E-state index in [1.54, 1.807) is 6.20 Å². The maximum Gasteiger partial charge on any atom is 0.109 e. The van der Waals surface area contributed by atoms with E-state index < -0.39 is 0 Å². The van der Waals surface area contributed by atoms with E-state index in [1.165, 1.54) is 0 Å². The van der Waals surface area contributed by atoms with Gasteiger partial charge in [0, 0.05) is 60.2 Å². The van der Waals surface area contributed by atoms with Crippen LogP contribution in [-0.2, 0) is 4.74 Å². The molecule has 2 aliphatic heterocycles. The molecule has 2 aromatic carbocycles. The molecule has 4 heterocycles. The molecule has 6 rings (SSSR count). The zero-order valence-electron chi connectivity index (χ0n) is 25.4. The predicted octanol–water partition coefficient (Wildman–Crippen LogP) is 7.23. The highest BCUT2D eigenvalue weighted by Gasteiger charge is 2.29. The molecule has 2 saturated heterocycles. The van der Waals surface area contributed by atoms with Crippen LogP contribution in [0.4, 0.5) is 11.4 Å². The third kappa shape index (κ3) is 6.64. The molecule has 44 heavy (non-hydrogen) atoms. The average molecular weight is 634 g/mol. The van der Waals surface area contributed by atoms with Gasteiger partial charge in [0.05, 0.1) is 40.1 Å². The number of hydrogen-bond donors (Lipinski definition) is 2. The van der Waals surface area contributed by atoms with Crippen molar-refractivity contribution < 1.29 is 4.74 Å². The number of piperidine rings is 1. The van der Waals surface area contributed by atoms with Gasteiger partial charge in [-0.15, -0.1) is 5.10 Å². The SMILES string of the molecule is CC(C)(C)N1CCC(n2cc([C@@H](Nc3cc(Cl)c4ncc(C#N)c(NC5CCOCC5)c4c3)c3ccc(Cl)cc3)nn2)CC1. The summed E-state index contributed by atoms with van der Waals surface area (Å²) in [7, 11) is 0. The van der Waals surface area contributed by atoms with Crippen LogP contribution in [0, 0.1) is 11.3 Å². The quantitative estimate of drug-likeness (QED) is 0.220. The number of anilines is 2. The van der Waals surface area contributed by atoms with Crippen molar-refractivity contribution in [2.75, 3.05) is 36.9 Å². The Labute approximate surface area is 268 Å². The highest BCUT2D eigenvalue weighted by Crippen LogP contribution is 2.37. The number of benzene rings is 2. The van der Waals surface area contributed by atoms with Gasteiger partial charge >= 0.3 is 0 Å². The Bertz CT molecular complexity index is 1650. The molecule has 0 aliphatic carbocycles. The molecule has 11 heteroatoms. The Hall–Kier alpha value is -3.42. The maximum absolute atomic E-state index is 9.94. The van der Waals surface area contributed by atoms with Gasteiger partial charge in [0.1, 0.15) is 11.8 Å². The van der Waals surface area contributed by atoms with Gasteiger partial charge in [0.25, 0.3) is 0 Å². The molecule has 1 atom stereocenters. The zero-order valence-corrected chi connectivity index (χ0v) is 26.9. The summed E-state index contributed by atoms with van der Waals surface area (Å²) in [5, 5.41) is 28.4. The molecule has 2 N–H and O–H groups in total. The normalized spacial score (nSPS) is 17.8. The maximum atomic E-state index is 9.94. The second kappa shape index (κ2) is 12.9. The van der Waals surface area contributed by atoms with Crippen molar-refractivity contribution in [3.8, 4) is 6.07 Å². The van der Waals surface area contributed by atoms with E-state index in [0.717, 1.165) is 66.8 Å². The lowest BCUT2D eigenvalue weighted by Gasteiger charge is -2.40. The molecular formula is C33H38Cl2N8O. The van der Waals surface area contributed by atoms with E-state index in [-0.39, 0.29) is 17.6 Å². The Morgan fingerprint density at radius 3 is 2.45 bits per heavy atom. The number of fused-ring (bicyclic) bond motifs is 1. The summed E-state index contributed by atoms with van der Waals surface area (Å²) in [6.07, 6.45) is 7.42. The fraction of sp³-hybridized carbons (Fsp3) is 0.455. The number of hydrogen-bond acceptors (Lipinski definition) is 8. The lowest BCUT2D eigenvalue weighted by atomic mass is 9.98. The van der Waals surface area contributed by atoms with Crippen molar-refractivity contribution in [1.29, 1.82) is 5.26 Å². The van der Waals surface area contributed by atoms with Crippen molar-refractivity contribution in [2.24, 2.45) is 0 Å². The van der Waals surface area contributed by atoms with E-state index in [4.69, 9.17) is 27.9 Å². The second-order valence-electron chi connectivity index (χ2n) is 12.7. The summed E-state index contributed by atoms with van der Waals surface area (Å²) in [5.41, 5.74) is 4.59. The lowest BCUT2D eigenvalue weighted by Crippen LogP contribution is -2.46. The number of nitrogens with one attached hydrogen (secondary N) is 2. The molecule has 0 bridgehead atoms. The summed E-state index contributed by atoms with van der Waals surface area (Å²) in [4.78, 5) is 7.06. The Morgan fingerprint density at radius 1 is 1.05 bits per heavy atom. The number of halogens is 2. The van der Waals surface area contributed by atoms with Gasteiger partial charge in [-0.25, -0.2) is 4.68 Å². The number of ether oxygens (including phenoxy) is 1. The molecule has 0 radical (unpaired) electrons. The fourth-order valence-electron chi connectivity index (χ4n) is 6.18. The highest BCUT2D eigenvalue weighted by molar-refractivity contribution is 6.36. The molecule has 230 valence electrons. The van der Waals surface area contributed by atoms with Crippen LogP contribution in [0.3, 0.4) is 0 Å². The predicted molar refractivity (Wildman–Crippen MR) is 175 cm³/mol. The third-order valence-electron chi connectivity index (χ3n) is 8.74. The van der Waals surface area contributed by atoms with Gasteiger partial charge in [0.15, 0.2) is 0 Å². The topological polar surface area (TPSA) is 104 Å². The second-order valence-corrected chi connectivity index (χ2v) is 13.5. The highest BCUT2D eigenvalue weighted by atomic mass is 35.5. The van der Waals surface area contributed by atoms with Crippen LogP contribution in [0.1, 0.15) is 75.4 Å². The molecule has 9 nitrogen and oxygen atoms in total. The van der Waals surface area contributed by atoms with Gasteiger partial charge in [-0.05, 0) is 76.3 Å². The van der Waals surface area contributed by atoms with Crippen LogP contribution in [0.25, 0.3) is 10.9 Å². The monoisotopic (exact) mass is 632 g/mol. The molecule has 2 aromatic heterocycles. The number of likely N-dealkylation sites (tertiary alicyclic amines) is 1. The van der Waals surface area contributed by atoms with Gasteiger partial charge in [-0.2, -0.15) is 5.26 Å². The molecule has 0 saturated carbocycles. The van der Waals surface area contributed by atoms with E-state index >= 15 is 0 Å². The average Bonchev–Trinajstić information content (AvgIpc) is 3.51. The first-order valence-corrected chi connectivity index (χ1v) is 16.0. The van der Waals surface area contributed by atoms with E-state index in [9.17, 15) is 5.26 Å². The van der Waals surface area contributed by atoms with Crippen molar-refractivity contribution >= 4 is 45.5 Å². The largest absolute Gasteiger partial charge is 0.381 e. The molecule has 2 fully saturated rings. The van der Waals surface area contributed by atoms with Crippen LogP contribution < -0.4 is 10.6 Å². The number of nitriles is 1. The minimum Gasteiger partial charge on any atom is -0.381 e. The molecular weight excluding hydrogens is 595 g/mol. The van der Waals surface area contributed by atoms with Crippen molar-refractivity contribution in [1.82, 2.24) is 24.9 Å². The minimum absolute atomic E-state index is 0.160. The molecule has 0 unspecified atom stereocenters. The summed E-state index contributed by atoms with van der Waals surface area (Å²) < 4.78 is 7.56. The van der Waals surface area contributed by atoms with Crippen LogP contribution in [0.2, 0.25) is 10.0 Å². The number of pyridine rings is 1. The first-order valence-electron chi connectivity index (χ1n) is 15.2. The van der Waals surface area contributed by atoms with Crippen molar-refractivity contribution in [2.45, 2.75) is 70.1 Å². The summed E-state index contributed by atoms with van der Waals surface area (Å²) in [6.45, 7) is 10.2. The minimum atomic E-state index is -0.316. The number of rotatable bonds is 7. The van der Waals surface area contributed by atoms with Gasteiger partial charge in [0.2, 0.25) is 0 Å². The van der Waals surface area contributed by atoms with Crippen LogP contribution in [-0.4, -0.2) is 62.8 Å². The lowest BCUT2D eigenvalue weighted by molar-refractivity contribution is 0.0866. The first-order chi connectivity index (χ1) is 21.2. The molecule has 2 aliphatic rings. The standard InChI is InChI=1S/C33H38Cl2N8O/c1-33(2,3)42-12-8-26(9-13-42)43-20-29(40-41-43)31(21-4-6-23(34)7-5-21)39-25-16-27-30(38-24-10-14-44-15-11-24)22(18-36)19-37-32(27)28(35)17-25/h4-7,16-17,19-20,24,26,31,39H,8-15H2,1-3H3,(H,37,38)/t31-/m0/s1. The van der Waals surface area contributed by atoms with Crippen LogP contribution in [0.5, 0.6) is 0 Å². The fourth-order valence-corrected chi connectivity index (χ4v) is 6.58. The van der Waals surface area contributed by atoms with Crippen LogP contribution >= 0.6 is 23.2 Å². The van der Waals surface area contributed by atoms with Crippen LogP contribution in [0.15, 0.2) is 48.8 Å². The smallest absolute Gasteiger partial charge is 0.109 e. The first kappa shape index (κ1) is 30.6. The van der Waals surface area contributed by atoms with E-state index in [1.807, 2.05) is 41.1 Å². The Balaban J connectivity index is 1.33. The molecule has 4 aromatic rings. The molecule has 0 spiro atoms. The van der Waals surface area contributed by atoms with Gasteiger partial charge < -0.3 is 15.4 Å². The number of aromatic nitrogens is 4. The van der Waals surface area contributed by atoms with Gasteiger partial charge in [-0.3, -0.25) is 9.88 Å². The van der Waals surface area contributed by atoms with Gasteiger partial charge in [-0.1, -0.05) is 40.5 Å². The summed E-state index contributed by atoms with van der Waals surface area (Å²) in [5.74, 6) is 0. The van der Waals surface area contributed by atoms with E-state index in [2.05, 4.69) is 63.9 Å².